The molecule has 4 rings (SSSR count). The van der Waals surface area contributed by atoms with Crippen LogP contribution in [0.25, 0.3) is 21.4 Å². The molecule has 0 N–H and O–H groups in total. The molecule has 6 heteroatoms. The molecule has 0 aliphatic heterocycles. The van der Waals surface area contributed by atoms with Crippen molar-refractivity contribution in [2.45, 2.75) is 6.92 Å². The van der Waals surface area contributed by atoms with E-state index in [1.54, 1.807) is 18.2 Å². The van der Waals surface area contributed by atoms with Gasteiger partial charge in [0.15, 0.2) is 5.58 Å². The predicted octanol–water partition coefficient (Wildman–Crippen LogP) is 5.19. The topological polar surface area (TPSA) is 56.5 Å². The summed E-state index contributed by atoms with van der Waals surface area (Å²) in [6, 6.07) is 16.4. The summed E-state index contributed by atoms with van der Waals surface area (Å²) in [5.41, 5.74) is 2.80. The van der Waals surface area contributed by atoms with Gasteiger partial charge in [-0.05, 0) is 30.7 Å². The number of fused-ring (bicyclic) bond motifs is 1. The van der Waals surface area contributed by atoms with Gasteiger partial charge in [0.2, 0.25) is 0 Å². The van der Waals surface area contributed by atoms with Crippen molar-refractivity contribution in [1.29, 1.82) is 0 Å². The Hall–Kier alpha value is -3.25. The molecule has 0 aliphatic carbocycles. The molecule has 0 fully saturated rings. The molecule has 1 aromatic heterocycles. The Bertz CT molecular complexity index is 1210. The zero-order chi connectivity index (χ0) is 19.0. The van der Waals surface area contributed by atoms with Crippen molar-refractivity contribution in [3.8, 4) is 16.9 Å². The molecular formula is C21H13FO4S. The van der Waals surface area contributed by atoms with Crippen LogP contribution in [-0.2, 0) is 0 Å². The van der Waals surface area contributed by atoms with Gasteiger partial charge in [-0.25, -0.2) is 14.0 Å². The maximum absolute atomic E-state index is 13.8. The highest BCUT2D eigenvalue weighted by Gasteiger charge is 2.17. The number of hydrogen-bond acceptors (Lipinski definition) is 5. The predicted molar refractivity (Wildman–Crippen MR) is 102 cm³/mol. The number of rotatable bonds is 3. The fourth-order valence-electron chi connectivity index (χ4n) is 2.75. The standard InChI is InChI=1S/C21H13FO4S/c1-12-6-8-13(9-7-12)16-10-14(11-18-19(16)26-21(24)27-18)25-20(23)15-4-2-3-5-17(15)22/h2-11H,1H3. The van der Waals surface area contributed by atoms with Crippen LogP contribution in [0.4, 0.5) is 4.39 Å². The summed E-state index contributed by atoms with van der Waals surface area (Å²) in [6.45, 7) is 1.97. The Labute approximate surface area is 157 Å². The summed E-state index contributed by atoms with van der Waals surface area (Å²) in [5.74, 6) is -1.25. The molecule has 0 unspecified atom stereocenters. The van der Waals surface area contributed by atoms with Crippen LogP contribution in [0.3, 0.4) is 0 Å². The van der Waals surface area contributed by atoms with Gasteiger partial charge < -0.3 is 9.15 Å². The first-order valence-electron chi connectivity index (χ1n) is 8.13. The summed E-state index contributed by atoms with van der Waals surface area (Å²) < 4.78 is 25.1. The number of halogens is 1. The van der Waals surface area contributed by atoms with Gasteiger partial charge in [0.1, 0.15) is 11.6 Å². The van der Waals surface area contributed by atoms with Crippen LogP contribution in [-0.4, -0.2) is 5.97 Å². The van der Waals surface area contributed by atoms with E-state index in [0.717, 1.165) is 22.5 Å². The zero-order valence-corrected chi connectivity index (χ0v) is 15.0. The molecule has 0 spiro atoms. The number of carbonyl (C=O) groups excluding carboxylic acids is 1. The molecule has 0 atom stereocenters. The Balaban J connectivity index is 1.80. The monoisotopic (exact) mass is 380 g/mol. The molecule has 0 saturated carbocycles. The first-order valence-corrected chi connectivity index (χ1v) is 8.94. The summed E-state index contributed by atoms with van der Waals surface area (Å²) in [4.78, 5) is 23.6. The summed E-state index contributed by atoms with van der Waals surface area (Å²) in [5, 5.41) is 0. The Morgan fingerprint density at radius 3 is 2.56 bits per heavy atom. The second-order valence-electron chi connectivity index (χ2n) is 5.99. The highest BCUT2D eigenvalue weighted by atomic mass is 32.1. The van der Waals surface area contributed by atoms with Crippen LogP contribution >= 0.6 is 11.3 Å². The van der Waals surface area contributed by atoms with Crippen molar-refractivity contribution >= 4 is 27.6 Å². The van der Waals surface area contributed by atoms with E-state index < -0.39 is 16.7 Å². The molecule has 0 saturated heterocycles. The molecule has 27 heavy (non-hydrogen) atoms. The minimum absolute atomic E-state index is 0.158. The Morgan fingerprint density at radius 1 is 1.07 bits per heavy atom. The van der Waals surface area contributed by atoms with Gasteiger partial charge >= 0.3 is 10.9 Å². The van der Waals surface area contributed by atoms with Crippen LogP contribution in [0.2, 0.25) is 0 Å². The number of aryl methyl sites for hydroxylation is 1. The molecule has 4 aromatic rings. The average Bonchev–Trinajstić information content (AvgIpc) is 3.02. The molecule has 0 amide bonds. The third-order valence-corrected chi connectivity index (χ3v) is 4.85. The van der Waals surface area contributed by atoms with Crippen molar-refractivity contribution in [1.82, 2.24) is 0 Å². The first-order chi connectivity index (χ1) is 13.0. The quantitative estimate of drug-likeness (QED) is 0.363. The average molecular weight is 380 g/mol. The lowest BCUT2D eigenvalue weighted by molar-refractivity contribution is 0.0730. The van der Waals surface area contributed by atoms with Crippen LogP contribution in [0, 0.1) is 12.7 Å². The van der Waals surface area contributed by atoms with Crippen LogP contribution in [0.15, 0.2) is 69.9 Å². The first kappa shape index (κ1) is 17.2. The number of hydrogen-bond donors (Lipinski definition) is 0. The minimum Gasteiger partial charge on any atom is -0.423 e. The maximum Gasteiger partial charge on any atom is 0.396 e. The second kappa shape index (κ2) is 6.81. The van der Waals surface area contributed by atoms with E-state index in [1.807, 2.05) is 31.2 Å². The van der Waals surface area contributed by atoms with E-state index in [0.29, 0.717) is 15.8 Å². The molecule has 0 bridgehead atoms. The fourth-order valence-corrected chi connectivity index (χ4v) is 3.47. The number of benzene rings is 3. The normalized spacial score (nSPS) is 10.9. The third-order valence-electron chi connectivity index (χ3n) is 4.07. The lowest BCUT2D eigenvalue weighted by atomic mass is 10.0. The molecule has 4 nitrogen and oxygen atoms in total. The van der Waals surface area contributed by atoms with E-state index in [2.05, 4.69) is 0 Å². The van der Waals surface area contributed by atoms with Crippen LogP contribution in [0.5, 0.6) is 5.75 Å². The van der Waals surface area contributed by atoms with Gasteiger partial charge in [-0.15, -0.1) is 0 Å². The lowest BCUT2D eigenvalue weighted by Crippen LogP contribution is -2.10. The van der Waals surface area contributed by atoms with Gasteiger partial charge in [0, 0.05) is 11.6 Å². The van der Waals surface area contributed by atoms with Gasteiger partial charge in [0.05, 0.1) is 10.3 Å². The summed E-state index contributed by atoms with van der Waals surface area (Å²) in [6.07, 6.45) is 0. The summed E-state index contributed by atoms with van der Waals surface area (Å²) >= 11 is 0.917. The van der Waals surface area contributed by atoms with Crippen molar-refractivity contribution in [3.05, 3.63) is 87.3 Å². The number of carbonyl (C=O) groups is 1. The third kappa shape index (κ3) is 3.39. The van der Waals surface area contributed by atoms with Gasteiger partial charge in [0.25, 0.3) is 0 Å². The zero-order valence-electron chi connectivity index (χ0n) is 14.2. The molecule has 1 heterocycles. The Kier molecular flexibility index (Phi) is 4.33. The van der Waals surface area contributed by atoms with Gasteiger partial charge in [-0.1, -0.05) is 53.3 Å². The van der Waals surface area contributed by atoms with Crippen molar-refractivity contribution < 1.29 is 18.3 Å². The number of esters is 1. The smallest absolute Gasteiger partial charge is 0.396 e. The molecule has 0 radical (unpaired) electrons. The Morgan fingerprint density at radius 2 is 1.81 bits per heavy atom. The van der Waals surface area contributed by atoms with E-state index in [-0.39, 0.29) is 11.3 Å². The van der Waals surface area contributed by atoms with E-state index in [9.17, 15) is 14.0 Å². The fraction of sp³-hybridized carbons (Fsp3) is 0.0476. The molecule has 0 aliphatic rings. The molecular weight excluding hydrogens is 367 g/mol. The van der Waals surface area contributed by atoms with Crippen LogP contribution in [0.1, 0.15) is 15.9 Å². The largest absolute Gasteiger partial charge is 0.423 e. The second-order valence-corrected chi connectivity index (χ2v) is 6.96. The van der Waals surface area contributed by atoms with Crippen molar-refractivity contribution in [3.63, 3.8) is 0 Å². The van der Waals surface area contributed by atoms with E-state index in [1.165, 1.54) is 18.2 Å². The molecule has 3 aromatic carbocycles. The number of ether oxygens (including phenoxy) is 1. The minimum atomic E-state index is -0.807. The summed E-state index contributed by atoms with van der Waals surface area (Å²) in [7, 11) is 0. The highest BCUT2D eigenvalue weighted by Crippen LogP contribution is 2.35. The van der Waals surface area contributed by atoms with Crippen LogP contribution < -0.4 is 9.68 Å². The lowest BCUT2D eigenvalue weighted by Gasteiger charge is -2.08. The van der Waals surface area contributed by atoms with E-state index in [4.69, 9.17) is 9.15 Å². The SMILES string of the molecule is Cc1ccc(-c2cc(OC(=O)c3ccccc3F)cc3sc(=O)oc23)cc1. The van der Waals surface area contributed by atoms with Gasteiger partial charge in [-0.2, -0.15) is 0 Å². The van der Waals surface area contributed by atoms with Crippen molar-refractivity contribution in [2.24, 2.45) is 0 Å². The maximum atomic E-state index is 13.8. The molecule has 134 valence electrons. The van der Waals surface area contributed by atoms with Gasteiger partial charge in [-0.3, -0.25) is 0 Å². The van der Waals surface area contributed by atoms with E-state index >= 15 is 0 Å². The van der Waals surface area contributed by atoms with Crippen molar-refractivity contribution in [2.75, 3.05) is 0 Å². The highest BCUT2D eigenvalue weighted by molar-refractivity contribution is 7.16.